The van der Waals surface area contributed by atoms with E-state index in [4.69, 9.17) is 30.5 Å². The Hall–Kier alpha value is -3.22. The molecule has 2 fully saturated rings. The summed E-state index contributed by atoms with van der Waals surface area (Å²) in [5.74, 6) is -0.458. The summed E-state index contributed by atoms with van der Waals surface area (Å²) in [5.41, 5.74) is 8.05. The van der Waals surface area contributed by atoms with E-state index in [1.54, 1.807) is 51.2 Å². The zero-order valence-corrected chi connectivity index (χ0v) is 38.5. The van der Waals surface area contributed by atoms with E-state index in [2.05, 4.69) is 0 Å². The molecule has 0 aromatic rings. The van der Waals surface area contributed by atoms with Gasteiger partial charge in [0.05, 0.1) is 85.5 Å². The molecule has 19 atom stereocenters. The van der Waals surface area contributed by atoms with Crippen molar-refractivity contribution < 1.29 is 79.6 Å². The highest BCUT2D eigenvalue weighted by atomic mass is 16.7. The van der Waals surface area contributed by atoms with E-state index in [9.17, 15) is 60.7 Å². The summed E-state index contributed by atoms with van der Waals surface area (Å²) in [6.07, 6.45) is 3.08. The molecule has 2 bridgehead atoms. The van der Waals surface area contributed by atoms with Crippen LogP contribution in [-0.4, -0.2) is 160 Å². The number of ether oxygens (including phenoxy) is 4. The lowest BCUT2D eigenvalue weighted by Crippen LogP contribution is -2.62. The predicted octanol–water partition coefficient (Wildman–Crippen LogP) is -0.159. The number of fused-ring (bicyclic) bond motifs is 2. The summed E-state index contributed by atoms with van der Waals surface area (Å²) in [5, 5.41) is 109. The highest BCUT2D eigenvalue weighted by molar-refractivity contribution is 5.79. The van der Waals surface area contributed by atoms with Gasteiger partial charge in [0.1, 0.15) is 12.2 Å². The fourth-order valence-electron chi connectivity index (χ4n) is 8.23. The molecule has 66 heavy (non-hydrogen) atoms. The average molecular weight is 940 g/mol. The van der Waals surface area contributed by atoms with Crippen molar-refractivity contribution >= 4 is 11.9 Å². The Labute approximate surface area is 387 Å². The molecule has 15 N–H and O–H groups in total. The number of nitrogens with one attached hydrogen (secondary N) is 1. The number of rotatable bonds is 3. The molecule has 2 saturated heterocycles. The number of hydrogen-bond donors (Lipinski definition) is 13. The number of esters is 1. The molecule has 376 valence electrons. The third-order valence-electron chi connectivity index (χ3n) is 12.4. The molecule has 0 aromatic heterocycles. The Morgan fingerprint density at radius 3 is 1.97 bits per heavy atom. The van der Waals surface area contributed by atoms with Crippen molar-refractivity contribution in [2.75, 3.05) is 0 Å². The average Bonchev–Trinajstić information content (AvgIpc) is 3.24. The number of aliphatic hydroxyl groups excluding tert-OH is 9. The molecular formula is C47H77N3O16. The smallest absolute Gasteiger partial charge is 0.308 e. The van der Waals surface area contributed by atoms with Crippen LogP contribution in [0.25, 0.3) is 0 Å². The van der Waals surface area contributed by atoms with Crippen LogP contribution in [0.1, 0.15) is 91.9 Å². The second kappa shape index (κ2) is 28.3. The first-order valence-corrected chi connectivity index (χ1v) is 22.9. The lowest BCUT2D eigenvalue weighted by atomic mass is 9.82. The van der Waals surface area contributed by atoms with Crippen LogP contribution in [0.15, 0.2) is 72.9 Å². The van der Waals surface area contributed by atoms with Gasteiger partial charge in [-0.25, -0.2) is 5.84 Å². The first-order valence-electron chi connectivity index (χ1n) is 22.9. The zero-order valence-electron chi connectivity index (χ0n) is 38.5. The van der Waals surface area contributed by atoms with Gasteiger partial charge in [0.2, 0.25) is 5.91 Å². The summed E-state index contributed by atoms with van der Waals surface area (Å²) < 4.78 is 23.4. The zero-order chi connectivity index (χ0) is 49.1. The van der Waals surface area contributed by atoms with Crippen molar-refractivity contribution in [1.29, 1.82) is 0 Å². The molecule has 0 saturated carbocycles. The van der Waals surface area contributed by atoms with Crippen LogP contribution in [0.3, 0.4) is 0 Å². The number of allylic oxidation sites excluding steroid dienone is 10. The highest BCUT2D eigenvalue weighted by Gasteiger charge is 2.51. The maximum atomic E-state index is 13.0. The van der Waals surface area contributed by atoms with Gasteiger partial charge in [-0.1, -0.05) is 86.8 Å². The summed E-state index contributed by atoms with van der Waals surface area (Å²) in [6.45, 7) is 6.81. The van der Waals surface area contributed by atoms with E-state index < -0.39 is 140 Å². The third-order valence-corrected chi connectivity index (χ3v) is 12.4. The molecule has 1 amide bonds. The van der Waals surface area contributed by atoms with Gasteiger partial charge in [0, 0.05) is 31.1 Å². The number of hydrogen-bond acceptors (Lipinski definition) is 18. The maximum absolute atomic E-state index is 13.0. The van der Waals surface area contributed by atoms with Gasteiger partial charge in [0.25, 0.3) is 0 Å². The van der Waals surface area contributed by atoms with Crippen molar-refractivity contribution in [2.24, 2.45) is 29.3 Å². The van der Waals surface area contributed by atoms with Crippen LogP contribution < -0.4 is 17.0 Å². The Bertz CT molecular complexity index is 1640. The minimum absolute atomic E-state index is 0.126. The van der Waals surface area contributed by atoms with Gasteiger partial charge >= 0.3 is 5.97 Å². The number of hydrazine groups is 1. The number of cyclic esters (lactones) is 1. The molecule has 0 unspecified atom stereocenters. The summed E-state index contributed by atoms with van der Waals surface area (Å²) in [7, 11) is 0. The standard InChI is InChI=1S/C47H77N3O16/c1-27-17-15-13-11-9-7-5-6-8-10-12-14-16-18-34(65-46-44(60)41(48)43(59)30(4)64-46)24-38-40(45(61)50-49)37(56)26-47(62,66-38)25-36(55)35(54)20-19-31(51)21-32(52)22-33(53)23-39(57)63-29(3)28(2)42(27)58/h5-6,8,10-18,27-38,40-44,46,51-56,58-60,62H,7,9,19-26,48-49H2,1-4H3,(H,50,61)/b6-5+,10-8+,13-11+,14-12+,17-15+,18-16+/t27-,28-,29-,30+,31+,32+,33+,34-,35+,36+,37-,38-,40+,41-,42+,43+,44-,46-,47+/m0/s1. The molecule has 19 nitrogen and oxygen atoms in total. The van der Waals surface area contributed by atoms with Crippen LogP contribution in [0.2, 0.25) is 0 Å². The number of carbonyl (C=O) groups is 2. The molecule has 0 radical (unpaired) electrons. The van der Waals surface area contributed by atoms with E-state index in [0.29, 0.717) is 0 Å². The molecular weight excluding hydrogens is 863 g/mol. The molecule has 3 heterocycles. The topological polar surface area (TPSA) is 337 Å². The Morgan fingerprint density at radius 2 is 1.30 bits per heavy atom. The minimum Gasteiger partial charge on any atom is -0.462 e. The molecule has 19 heteroatoms. The number of amides is 1. The van der Waals surface area contributed by atoms with Crippen LogP contribution in [-0.2, 0) is 28.5 Å². The molecule has 3 aliphatic rings. The molecule has 3 aliphatic heterocycles. The molecule has 0 aromatic carbocycles. The summed E-state index contributed by atoms with van der Waals surface area (Å²) in [6, 6.07) is -1.13. The molecule has 0 aliphatic carbocycles. The number of aliphatic hydroxyl groups is 10. The van der Waals surface area contributed by atoms with E-state index in [-0.39, 0.29) is 38.0 Å². The fraction of sp³-hybridized carbons (Fsp3) is 0.702. The van der Waals surface area contributed by atoms with Crippen LogP contribution >= 0.6 is 0 Å². The maximum Gasteiger partial charge on any atom is 0.308 e. The normalized spacial score (nSPS) is 44.7. The predicted molar refractivity (Wildman–Crippen MR) is 242 cm³/mol. The quantitative estimate of drug-likeness (QED) is 0.0757. The first kappa shape index (κ1) is 57.1. The third kappa shape index (κ3) is 18.7. The lowest BCUT2D eigenvalue weighted by Gasteiger charge is -2.46. The molecule has 3 rings (SSSR count). The monoisotopic (exact) mass is 940 g/mol. The van der Waals surface area contributed by atoms with Gasteiger partial charge in [-0.05, 0) is 52.4 Å². The van der Waals surface area contributed by atoms with Crippen molar-refractivity contribution in [3.8, 4) is 0 Å². The first-order chi connectivity index (χ1) is 31.2. The second-order valence-electron chi connectivity index (χ2n) is 18.0. The van der Waals surface area contributed by atoms with Crippen LogP contribution in [0.5, 0.6) is 0 Å². The number of nitrogens with two attached hydrogens (primary N) is 2. The van der Waals surface area contributed by atoms with E-state index >= 15 is 0 Å². The van der Waals surface area contributed by atoms with E-state index in [0.717, 1.165) is 12.8 Å². The van der Waals surface area contributed by atoms with Crippen molar-refractivity contribution in [1.82, 2.24) is 5.43 Å². The summed E-state index contributed by atoms with van der Waals surface area (Å²) in [4.78, 5) is 25.7. The van der Waals surface area contributed by atoms with Gasteiger partial charge < -0.3 is 75.7 Å². The van der Waals surface area contributed by atoms with Crippen molar-refractivity contribution in [2.45, 2.75) is 189 Å². The second-order valence-corrected chi connectivity index (χ2v) is 18.0. The van der Waals surface area contributed by atoms with Crippen LogP contribution in [0.4, 0.5) is 0 Å². The minimum atomic E-state index is -2.31. The van der Waals surface area contributed by atoms with Crippen LogP contribution in [0, 0.1) is 17.8 Å². The van der Waals surface area contributed by atoms with E-state index in [1.165, 1.54) is 0 Å². The Morgan fingerprint density at radius 1 is 0.712 bits per heavy atom. The molecule has 0 spiro atoms. The van der Waals surface area contributed by atoms with E-state index in [1.807, 2.05) is 54.9 Å². The van der Waals surface area contributed by atoms with Gasteiger partial charge in [-0.3, -0.25) is 15.0 Å². The van der Waals surface area contributed by atoms with Crippen molar-refractivity contribution in [3.63, 3.8) is 0 Å². The van der Waals surface area contributed by atoms with Gasteiger partial charge in [-0.2, -0.15) is 0 Å². The Balaban J connectivity index is 1.86. The van der Waals surface area contributed by atoms with Gasteiger partial charge in [-0.15, -0.1) is 0 Å². The Kier molecular flexibility index (Phi) is 24.5. The van der Waals surface area contributed by atoms with Crippen molar-refractivity contribution in [3.05, 3.63) is 72.9 Å². The largest absolute Gasteiger partial charge is 0.462 e. The lowest BCUT2D eigenvalue weighted by molar-refractivity contribution is -0.308. The highest BCUT2D eigenvalue weighted by Crippen LogP contribution is 2.38. The summed E-state index contributed by atoms with van der Waals surface area (Å²) >= 11 is 0. The fourth-order valence-corrected chi connectivity index (χ4v) is 8.23. The number of carbonyl (C=O) groups excluding carboxylic acids is 2. The SMILES string of the molecule is C[C@@H]1[C@H](O)[C@@H](C)/C=C/C=C/CC/C=C/C=C/C=C/C=C/[C@H](O[C@@H]2O[C@H](C)[C@@H](O)[C@H](N)[C@@H]2O)C[C@@H]2O[C@](O)(C[C@@H](O)[C@H](O)CC[C@@H](O)C[C@@H](O)C[C@@H](O)CC(=O)O[C@H]1C)C[C@H](O)[C@H]2C(=O)NN. The van der Waals surface area contributed by atoms with Gasteiger partial charge in [0.15, 0.2) is 12.1 Å².